The van der Waals surface area contributed by atoms with Crippen molar-refractivity contribution < 1.29 is 24.3 Å². The lowest BCUT2D eigenvalue weighted by molar-refractivity contribution is -0.136. The SMILES string of the molecule is CC(O)c1cn(-c2cccc3c2C(=O)N(C2CCC(=O)NC2=O)C3=O)nn1. The van der Waals surface area contributed by atoms with Gasteiger partial charge in [0.2, 0.25) is 11.8 Å². The Labute approximate surface area is 152 Å². The summed E-state index contributed by atoms with van der Waals surface area (Å²) in [5.74, 6) is -2.32. The highest BCUT2D eigenvalue weighted by Crippen LogP contribution is 2.31. The minimum atomic E-state index is -1.04. The fourth-order valence-corrected chi connectivity index (χ4v) is 3.27. The number of aliphatic hydroxyl groups is 1. The molecule has 4 amide bonds. The number of imide groups is 2. The van der Waals surface area contributed by atoms with E-state index in [0.717, 1.165) is 4.90 Å². The second kappa shape index (κ2) is 6.09. The van der Waals surface area contributed by atoms with Crippen molar-refractivity contribution in [3.63, 3.8) is 0 Å². The zero-order valence-electron chi connectivity index (χ0n) is 14.2. The number of nitrogens with zero attached hydrogens (tertiary/aromatic N) is 4. The summed E-state index contributed by atoms with van der Waals surface area (Å²) in [4.78, 5) is 50.2. The van der Waals surface area contributed by atoms with E-state index in [0.29, 0.717) is 11.4 Å². The van der Waals surface area contributed by atoms with Gasteiger partial charge in [0.25, 0.3) is 11.8 Å². The first-order chi connectivity index (χ1) is 12.9. The van der Waals surface area contributed by atoms with Crippen LogP contribution in [-0.4, -0.2) is 54.7 Å². The number of hydrogen-bond acceptors (Lipinski definition) is 7. The van der Waals surface area contributed by atoms with E-state index in [2.05, 4.69) is 15.6 Å². The molecule has 2 N–H and O–H groups in total. The van der Waals surface area contributed by atoms with Crippen molar-refractivity contribution in [3.05, 3.63) is 41.2 Å². The van der Waals surface area contributed by atoms with E-state index in [9.17, 15) is 24.3 Å². The van der Waals surface area contributed by atoms with Crippen LogP contribution in [0.1, 0.15) is 52.3 Å². The molecule has 0 saturated carbocycles. The molecule has 10 nitrogen and oxygen atoms in total. The molecule has 138 valence electrons. The van der Waals surface area contributed by atoms with Crippen molar-refractivity contribution in [2.24, 2.45) is 0 Å². The summed E-state index contributed by atoms with van der Waals surface area (Å²) in [6.45, 7) is 1.53. The number of fused-ring (bicyclic) bond motifs is 1. The lowest BCUT2D eigenvalue weighted by Crippen LogP contribution is -2.54. The molecule has 1 aromatic carbocycles. The molecule has 0 spiro atoms. The topological polar surface area (TPSA) is 134 Å². The number of aliphatic hydroxyl groups excluding tert-OH is 1. The molecule has 1 saturated heterocycles. The summed E-state index contributed by atoms with van der Waals surface area (Å²) in [6.07, 6.45) is 0.762. The summed E-state index contributed by atoms with van der Waals surface area (Å²) in [5, 5.41) is 19.5. The zero-order chi connectivity index (χ0) is 19.3. The summed E-state index contributed by atoms with van der Waals surface area (Å²) in [5.41, 5.74) is 0.886. The highest BCUT2D eigenvalue weighted by molar-refractivity contribution is 6.24. The number of benzene rings is 1. The second-order valence-electron chi connectivity index (χ2n) is 6.41. The van der Waals surface area contributed by atoms with Crippen LogP contribution in [0.15, 0.2) is 24.4 Å². The van der Waals surface area contributed by atoms with Gasteiger partial charge in [0.05, 0.1) is 29.1 Å². The van der Waals surface area contributed by atoms with Gasteiger partial charge in [0.15, 0.2) is 0 Å². The van der Waals surface area contributed by atoms with Crippen LogP contribution >= 0.6 is 0 Å². The van der Waals surface area contributed by atoms with Gasteiger partial charge in [0.1, 0.15) is 11.7 Å². The largest absolute Gasteiger partial charge is 0.387 e. The quantitative estimate of drug-likeness (QED) is 0.711. The molecule has 27 heavy (non-hydrogen) atoms. The lowest BCUT2D eigenvalue weighted by Gasteiger charge is -2.27. The smallest absolute Gasteiger partial charge is 0.264 e. The molecular formula is C17H15N5O5. The number of rotatable bonds is 3. The van der Waals surface area contributed by atoms with Crippen molar-refractivity contribution in [1.29, 1.82) is 0 Å². The van der Waals surface area contributed by atoms with Crippen LogP contribution in [-0.2, 0) is 9.59 Å². The summed E-state index contributed by atoms with van der Waals surface area (Å²) in [6, 6.07) is 3.65. The number of hydrogen-bond donors (Lipinski definition) is 2. The number of carbonyl (C=O) groups is 4. The Kier molecular flexibility index (Phi) is 3.84. The number of piperidine rings is 1. The maximum atomic E-state index is 13.0. The first-order valence-corrected chi connectivity index (χ1v) is 8.33. The number of carbonyl (C=O) groups excluding carboxylic acids is 4. The molecule has 0 bridgehead atoms. The lowest BCUT2D eigenvalue weighted by atomic mass is 10.0. The third-order valence-corrected chi connectivity index (χ3v) is 4.63. The van der Waals surface area contributed by atoms with Crippen molar-refractivity contribution >= 4 is 23.6 Å². The molecule has 3 heterocycles. The van der Waals surface area contributed by atoms with Crippen LogP contribution in [0.25, 0.3) is 5.69 Å². The van der Waals surface area contributed by atoms with Gasteiger partial charge >= 0.3 is 0 Å². The van der Waals surface area contributed by atoms with Gasteiger partial charge < -0.3 is 5.11 Å². The predicted molar refractivity (Wildman–Crippen MR) is 88.7 cm³/mol. The Morgan fingerprint density at radius 3 is 2.67 bits per heavy atom. The van der Waals surface area contributed by atoms with E-state index < -0.39 is 35.8 Å². The van der Waals surface area contributed by atoms with E-state index in [-0.39, 0.29) is 24.0 Å². The van der Waals surface area contributed by atoms with Gasteiger partial charge in [0, 0.05) is 6.42 Å². The monoisotopic (exact) mass is 369 g/mol. The molecule has 0 radical (unpaired) electrons. The minimum absolute atomic E-state index is 0.0531. The van der Waals surface area contributed by atoms with Gasteiger partial charge in [-0.3, -0.25) is 29.4 Å². The van der Waals surface area contributed by atoms with Gasteiger partial charge in [-0.15, -0.1) is 5.10 Å². The van der Waals surface area contributed by atoms with Crippen LogP contribution in [0.4, 0.5) is 0 Å². The third-order valence-electron chi connectivity index (χ3n) is 4.63. The van der Waals surface area contributed by atoms with Gasteiger partial charge in [-0.1, -0.05) is 11.3 Å². The summed E-state index contributed by atoms with van der Waals surface area (Å²) >= 11 is 0. The van der Waals surface area contributed by atoms with E-state index in [1.54, 1.807) is 12.1 Å². The van der Waals surface area contributed by atoms with Crippen molar-refractivity contribution in [1.82, 2.24) is 25.2 Å². The number of aromatic nitrogens is 3. The predicted octanol–water partition coefficient (Wildman–Crippen LogP) is -0.278. The van der Waals surface area contributed by atoms with E-state index in [1.165, 1.54) is 23.9 Å². The maximum Gasteiger partial charge on any atom is 0.264 e. The normalized spacial score (nSPS) is 20.7. The standard InChI is InChI=1S/C17H15N5O5/c1-8(23)10-7-21(20-19-10)11-4-2-3-9-14(11)17(27)22(16(9)26)12-5-6-13(24)18-15(12)25/h2-4,7-8,12,23H,5-6H2,1H3,(H,18,24,25). The van der Waals surface area contributed by atoms with Crippen LogP contribution in [0.2, 0.25) is 0 Å². The van der Waals surface area contributed by atoms with E-state index >= 15 is 0 Å². The van der Waals surface area contributed by atoms with Crippen molar-refractivity contribution in [2.75, 3.05) is 0 Å². The molecule has 2 aliphatic rings. The molecule has 4 rings (SSSR count). The molecule has 10 heteroatoms. The molecule has 1 fully saturated rings. The molecule has 2 aliphatic heterocycles. The average Bonchev–Trinajstić information content (AvgIpc) is 3.21. The van der Waals surface area contributed by atoms with E-state index in [4.69, 9.17) is 0 Å². The fourth-order valence-electron chi connectivity index (χ4n) is 3.27. The Morgan fingerprint density at radius 2 is 2.00 bits per heavy atom. The van der Waals surface area contributed by atoms with Gasteiger partial charge in [-0.05, 0) is 25.5 Å². The Morgan fingerprint density at radius 1 is 1.22 bits per heavy atom. The third kappa shape index (κ3) is 2.61. The van der Waals surface area contributed by atoms with Gasteiger partial charge in [-0.25, -0.2) is 4.68 Å². The molecule has 1 aromatic heterocycles. The molecule has 0 aliphatic carbocycles. The first kappa shape index (κ1) is 17.0. The maximum absolute atomic E-state index is 13.0. The molecule has 2 aromatic rings. The van der Waals surface area contributed by atoms with Gasteiger partial charge in [-0.2, -0.15) is 0 Å². The first-order valence-electron chi connectivity index (χ1n) is 8.33. The van der Waals surface area contributed by atoms with Crippen molar-refractivity contribution in [2.45, 2.75) is 31.9 Å². The highest BCUT2D eigenvalue weighted by atomic mass is 16.3. The Balaban J connectivity index is 1.75. The van der Waals surface area contributed by atoms with Crippen molar-refractivity contribution in [3.8, 4) is 5.69 Å². The Hall–Kier alpha value is -3.40. The molecular weight excluding hydrogens is 354 g/mol. The summed E-state index contributed by atoms with van der Waals surface area (Å²) < 4.78 is 1.31. The average molecular weight is 369 g/mol. The second-order valence-corrected chi connectivity index (χ2v) is 6.41. The zero-order valence-corrected chi connectivity index (χ0v) is 14.2. The highest BCUT2D eigenvalue weighted by Gasteiger charge is 2.45. The van der Waals surface area contributed by atoms with E-state index in [1.807, 2.05) is 0 Å². The Bertz CT molecular complexity index is 995. The van der Waals surface area contributed by atoms with Crippen LogP contribution in [0, 0.1) is 0 Å². The fraction of sp³-hybridized carbons (Fsp3) is 0.294. The number of amides is 4. The van der Waals surface area contributed by atoms with Crippen LogP contribution in [0.5, 0.6) is 0 Å². The minimum Gasteiger partial charge on any atom is -0.387 e. The van der Waals surface area contributed by atoms with Crippen LogP contribution < -0.4 is 5.32 Å². The number of nitrogens with one attached hydrogen (secondary N) is 1. The van der Waals surface area contributed by atoms with Crippen LogP contribution in [0.3, 0.4) is 0 Å². The molecule has 2 unspecified atom stereocenters. The molecule has 2 atom stereocenters. The summed E-state index contributed by atoms with van der Waals surface area (Å²) in [7, 11) is 0.